The van der Waals surface area contributed by atoms with Gasteiger partial charge in [-0.05, 0) is 15.4 Å². The molecular weight excluding hydrogens is 332 g/mol. The molecule has 134 valence electrons. The fraction of sp³-hybridized carbons (Fsp3) is 0.350. The monoisotopic (exact) mass is 358 g/mol. The van der Waals surface area contributed by atoms with Crippen LogP contribution in [-0.4, -0.2) is 37.2 Å². The molecule has 0 spiro atoms. The normalized spacial score (nSPS) is 13.4. The topological polar surface area (TPSA) is 66.8 Å². The SMILES string of the molecule is CC(C)(C)[Si](OCC[C@H](O)C(=O)O)(c1ccccc1)c1ccccc1. The number of aliphatic hydroxyl groups excluding tert-OH is 1. The van der Waals surface area contributed by atoms with E-state index >= 15 is 0 Å². The van der Waals surface area contributed by atoms with Gasteiger partial charge in [-0.25, -0.2) is 4.79 Å². The lowest BCUT2D eigenvalue weighted by Gasteiger charge is -2.43. The Labute approximate surface area is 150 Å². The van der Waals surface area contributed by atoms with E-state index in [2.05, 4.69) is 45.0 Å². The molecule has 0 aliphatic rings. The van der Waals surface area contributed by atoms with Crippen LogP contribution in [0.1, 0.15) is 27.2 Å². The molecule has 4 nitrogen and oxygen atoms in total. The van der Waals surface area contributed by atoms with E-state index in [-0.39, 0.29) is 18.1 Å². The summed E-state index contributed by atoms with van der Waals surface area (Å²) in [5.41, 5.74) is 0. The molecule has 0 radical (unpaired) electrons. The van der Waals surface area contributed by atoms with Gasteiger partial charge < -0.3 is 14.6 Å². The molecule has 25 heavy (non-hydrogen) atoms. The van der Waals surface area contributed by atoms with Gasteiger partial charge in [0.05, 0.1) is 0 Å². The van der Waals surface area contributed by atoms with Crippen LogP contribution in [0.2, 0.25) is 5.04 Å². The number of benzene rings is 2. The molecule has 5 heteroatoms. The number of hydrogen-bond acceptors (Lipinski definition) is 3. The molecule has 0 bridgehead atoms. The maximum atomic E-state index is 10.9. The van der Waals surface area contributed by atoms with Crippen molar-refractivity contribution in [3.8, 4) is 0 Å². The quantitative estimate of drug-likeness (QED) is 0.746. The minimum atomic E-state index is -2.65. The van der Waals surface area contributed by atoms with Gasteiger partial charge in [0.15, 0.2) is 6.10 Å². The summed E-state index contributed by atoms with van der Waals surface area (Å²) < 4.78 is 6.50. The van der Waals surface area contributed by atoms with Crippen molar-refractivity contribution in [3.05, 3.63) is 60.7 Å². The van der Waals surface area contributed by atoms with Crippen LogP contribution in [0.4, 0.5) is 0 Å². The fourth-order valence-electron chi connectivity index (χ4n) is 3.21. The Morgan fingerprint density at radius 3 is 1.80 bits per heavy atom. The lowest BCUT2D eigenvalue weighted by Crippen LogP contribution is -2.66. The van der Waals surface area contributed by atoms with Gasteiger partial charge in [0, 0.05) is 13.0 Å². The summed E-state index contributed by atoms with van der Waals surface area (Å²) in [7, 11) is -2.65. The van der Waals surface area contributed by atoms with Gasteiger partial charge in [-0.1, -0.05) is 81.4 Å². The van der Waals surface area contributed by atoms with E-state index in [1.807, 2.05) is 36.4 Å². The zero-order chi connectivity index (χ0) is 18.5. The number of hydrogen-bond donors (Lipinski definition) is 2. The summed E-state index contributed by atoms with van der Waals surface area (Å²) in [6.07, 6.45) is -1.34. The highest BCUT2D eigenvalue weighted by Gasteiger charge is 2.50. The van der Waals surface area contributed by atoms with E-state index in [1.165, 1.54) is 0 Å². The van der Waals surface area contributed by atoms with E-state index < -0.39 is 20.4 Å². The zero-order valence-electron chi connectivity index (χ0n) is 15.0. The third kappa shape index (κ3) is 4.18. The summed E-state index contributed by atoms with van der Waals surface area (Å²) in [4.78, 5) is 10.9. The lowest BCUT2D eigenvalue weighted by molar-refractivity contribution is -0.147. The lowest BCUT2D eigenvalue weighted by atomic mass is 10.2. The molecule has 0 aromatic heterocycles. The van der Waals surface area contributed by atoms with Crippen LogP contribution in [0.25, 0.3) is 0 Å². The maximum absolute atomic E-state index is 10.9. The summed E-state index contributed by atoms with van der Waals surface area (Å²) in [5.74, 6) is -1.22. The van der Waals surface area contributed by atoms with Crippen molar-refractivity contribution >= 4 is 24.7 Å². The van der Waals surface area contributed by atoms with Gasteiger partial charge in [0.25, 0.3) is 8.32 Å². The van der Waals surface area contributed by atoms with E-state index in [9.17, 15) is 9.90 Å². The molecule has 0 aliphatic carbocycles. The van der Waals surface area contributed by atoms with Crippen molar-refractivity contribution in [1.29, 1.82) is 0 Å². The highest BCUT2D eigenvalue weighted by molar-refractivity contribution is 6.99. The first-order chi connectivity index (χ1) is 11.8. The first-order valence-corrected chi connectivity index (χ1v) is 10.4. The number of carboxylic acids is 1. The van der Waals surface area contributed by atoms with E-state index in [0.717, 1.165) is 10.4 Å². The van der Waals surface area contributed by atoms with Crippen LogP contribution in [0, 0.1) is 0 Å². The Bertz CT molecular complexity index is 640. The molecular formula is C20H26O4Si. The average molecular weight is 359 g/mol. The molecule has 0 saturated carbocycles. The number of carboxylic acid groups (broad SMARTS) is 1. The van der Waals surface area contributed by atoms with Gasteiger partial charge >= 0.3 is 5.97 Å². The molecule has 1 atom stereocenters. The smallest absolute Gasteiger partial charge is 0.332 e. The number of carbonyl (C=O) groups is 1. The van der Waals surface area contributed by atoms with Crippen LogP contribution in [0.5, 0.6) is 0 Å². The summed E-state index contributed by atoms with van der Waals surface area (Å²) in [6, 6.07) is 20.3. The molecule has 2 aromatic carbocycles. The molecule has 0 saturated heterocycles. The van der Waals surface area contributed by atoms with Crippen LogP contribution in [-0.2, 0) is 9.22 Å². The van der Waals surface area contributed by atoms with Gasteiger partial charge in [-0.15, -0.1) is 0 Å². The van der Waals surface area contributed by atoms with Gasteiger partial charge in [0.2, 0.25) is 0 Å². The van der Waals surface area contributed by atoms with Crippen molar-refractivity contribution in [2.75, 3.05) is 6.61 Å². The number of aliphatic carboxylic acids is 1. The van der Waals surface area contributed by atoms with E-state index in [4.69, 9.17) is 9.53 Å². The second-order valence-corrected chi connectivity index (χ2v) is 11.5. The Hall–Kier alpha value is -1.95. The summed E-state index contributed by atoms with van der Waals surface area (Å²) in [6.45, 7) is 6.67. The van der Waals surface area contributed by atoms with Gasteiger partial charge in [0.1, 0.15) is 0 Å². The molecule has 2 aromatic rings. The number of rotatable bonds is 7. The standard InChI is InChI=1S/C20H26O4Si/c1-20(2,3)25(16-10-6-4-7-11-16,17-12-8-5-9-13-17)24-15-14-18(21)19(22)23/h4-13,18,21H,14-15H2,1-3H3,(H,22,23)/t18-/m0/s1. The van der Waals surface area contributed by atoms with E-state index in [1.54, 1.807) is 0 Å². The second-order valence-electron chi connectivity index (χ2n) is 7.15. The Morgan fingerprint density at radius 1 is 1.00 bits per heavy atom. The molecule has 0 unspecified atom stereocenters. The first kappa shape index (κ1) is 19.4. The van der Waals surface area contributed by atoms with Crippen LogP contribution < -0.4 is 10.4 Å². The Balaban J connectivity index is 2.47. The van der Waals surface area contributed by atoms with E-state index in [0.29, 0.717) is 0 Å². The highest BCUT2D eigenvalue weighted by atomic mass is 28.4. The largest absolute Gasteiger partial charge is 0.479 e. The third-order valence-electron chi connectivity index (χ3n) is 4.41. The predicted molar refractivity (Wildman–Crippen MR) is 102 cm³/mol. The molecule has 0 aliphatic heterocycles. The predicted octanol–water partition coefficient (Wildman–Crippen LogP) is 2.40. The van der Waals surface area contributed by atoms with Crippen molar-refractivity contribution in [2.24, 2.45) is 0 Å². The second kappa shape index (κ2) is 7.95. The van der Waals surface area contributed by atoms with Gasteiger partial charge in [-0.2, -0.15) is 0 Å². The average Bonchev–Trinajstić information content (AvgIpc) is 2.59. The minimum Gasteiger partial charge on any atom is -0.479 e. The van der Waals surface area contributed by atoms with Crippen LogP contribution in [0.3, 0.4) is 0 Å². The summed E-state index contributed by atoms with van der Waals surface area (Å²) in [5, 5.41) is 20.6. The highest BCUT2D eigenvalue weighted by Crippen LogP contribution is 2.36. The molecule has 2 N–H and O–H groups in total. The first-order valence-electron chi connectivity index (χ1n) is 8.45. The van der Waals surface area contributed by atoms with Gasteiger partial charge in [-0.3, -0.25) is 0 Å². The fourth-order valence-corrected chi connectivity index (χ4v) is 7.79. The molecule has 0 heterocycles. The molecule has 0 amide bonds. The third-order valence-corrected chi connectivity index (χ3v) is 9.45. The number of aliphatic hydroxyl groups is 1. The molecule has 2 rings (SSSR count). The Kier molecular flexibility index (Phi) is 6.16. The maximum Gasteiger partial charge on any atom is 0.332 e. The molecule has 0 fully saturated rings. The van der Waals surface area contributed by atoms with Crippen LogP contribution in [0.15, 0.2) is 60.7 Å². The zero-order valence-corrected chi connectivity index (χ0v) is 16.0. The van der Waals surface area contributed by atoms with Crippen LogP contribution >= 0.6 is 0 Å². The minimum absolute atomic E-state index is 0.0693. The van der Waals surface area contributed by atoms with Crippen molar-refractivity contribution in [2.45, 2.75) is 38.3 Å². The Morgan fingerprint density at radius 2 is 1.44 bits per heavy atom. The summed E-state index contributed by atoms with van der Waals surface area (Å²) >= 11 is 0. The van der Waals surface area contributed by atoms with Crippen molar-refractivity contribution in [1.82, 2.24) is 0 Å². The van der Waals surface area contributed by atoms with Crippen molar-refractivity contribution < 1.29 is 19.4 Å². The van der Waals surface area contributed by atoms with Crippen molar-refractivity contribution in [3.63, 3.8) is 0 Å².